The van der Waals surface area contributed by atoms with Crippen molar-refractivity contribution in [2.24, 2.45) is 5.92 Å². The first kappa shape index (κ1) is 15.2. The number of hydrogen-bond donors (Lipinski definition) is 2. The second-order valence-electron chi connectivity index (χ2n) is 6.29. The summed E-state index contributed by atoms with van der Waals surface area (Å²) < 4.78 is 27.5. The fourth-order valence-electron chi connectivity index (χ4n) is 2.59. The molecule has 0 aromatic rings. The van der Waals surface area contributed by atoms with Crippen molar-refractivity contribution in [2.75, 3.05) is 26.7 Å². The van der Waals surface area contributed by atoms with Crippen LogP contribution in [0, 0.1) is 5.92 Å². The number of hydrogen-bond acceptors (Lipinski definition) is 4. The zero-order valence-corrected chi connectivity index (χ0v) is 13.0. The Morgan fingerprint density at radius 3 is 2.58 bits per heavy atom. The Morgan fingerprint density at radius 1 is 1.32 bits per heavy atom. The highest BCUT2D eigenvalue weighted by molar-refractivity contribution is 7.90. The lowest BCUT2D eigenvalue weighted by Gasteiger charge is -2.35. The van der Waals surface area contributed by atoms with Crippen LogP contribution in [0.1, 0.15) is 33.1 Å². The third-order valence-corrected chi connectivity index (χ3v) is 6.08. The molecular weight excluding hydrogens is 262 g/mol. The molecule has 0 bridgehead atoms. The fraction of sp³-hybridized carbons (Fsp3) is 1.00. The van der Waals surface area contributed by atoms with Gasteiger partial charge in [-0.15, -0.1) is 0 Å². The van der Waals surface area contributed by atoms with Crippen molar-refractivity contribution in [3.05, 3.63) is 0 Å². The number of nitrogens with one attached hydrogen (secondary N) is 2. The predicted octanol–water partition coefficient (Wildman–Crippen LogP) is 0.387. The second-order valence-corrected chi connectivity index (χ2v) is 8.42. The SMILES string of the molecule is CC1CN(C)CCC1NS(=O)(=O)C(C)CNC1CC1. The van der Waals surface area contributed by atoms with E-state index in [9.17, 15) is 8.42 Å². The van der Waals surface area contributed by atoms with Gasteiger partial charge in [-0.2, -0.15) is 0 Å². The maximum absolute atomic E-state index is 12.3. The molecule has 3 unspecified atom stereocenters. The minimum Gasteiger partial charge on any atom is -0.313 e. The molecule has 0 spiro atoms. The summed E-state index contributed by atoms with van der Waals surface area (Å²) >= 11 is 0. The Hall–Kier alpha value is -0.170. The summed E-state index contributed by atoms with van der Waals surface area (Å²) in [4.78, 5) is 2.26. The van der Waals surface area contributed by atoms with Gasteiger partial charge in [0, 0.05) is 25.2 Å². The van der Waals surface area contributed by atoms with E-state index >= 15 is 0 Å². The first-order valence-electron chi connectivity index (χ1n) is 7.31. The normalized spacial score (nSPS) is 31.3. The molecule has 1 aliphatic carbocycles. The molecule has 2 fully saturated rings. The summed E-state index contributed by atoms with van der Waals surface area (Å²) in [5.74, 6) is 0.372. The first-order valence-corrected chi connectivity index (χ1v) is 8.86. The van der Waals surface area contributed by atoms with Gasteiger partial charge >= 0.3 is 0 Å². The summed E-state index contributed by atoms with van der Waals surface area (Å²) in [6.45, 7) is 6.39. The molecule has 1 heterocycles. The van der Waals surface area contributed by atoms with Crippen LogP contribution in [0.3, 0.4) is 0 Å². The lowest BCUT2D eigenvalue weighted by molar-refractivity contribution is 0.188. The molecule has 0 aromatic carbocycles. The van der Waals surface area contributed by atoms with E-state index in [1.54, 1.807) is 6.92 Å². The molecule has 0 aromatic heterocycles. The van der Waals surface area contributed by atoms with Gasteiger partial charge < -0.3 is 10.2 Å². The van der Waals surface area contributed by atoms with Gasteiger partial charge in [0.25, 0.3) is 0 Å². The van der Waals surface area contributed by atoms with Crippen molar-refractivity contribution < 1.29 is 8.42 Å². The van der Waals surface area contributed by atoms with Crippen molar-refractivity contribution in [1.82, 2.24) is 14.9 Å². The van der Waals surface area contributed by atoms with Crippen LogP contribution in [0.25, 0.3) is 0 Å². The average molecular weight is 289 g/mol. The summed E-state index contributed by atoms with van der Waals surface area (Å²) in [5.41, 5.74) is 0. The van der Waals surface area contributed by atoms with Gasteiger partial charge in [0.05, 0.1) is 5.25 Å². The predicted molar refractivity (Wildman–Crippen MR) is 77.6 cm³/mol. The standard InChI is InChI=1S/C13H27N3O2S/c1-10-9-16(3)7-6-13(10)15-19(17,18)11(2)8-14-12-4-5-12/h10-15H,4-9H2,1-3H3. The van der Waals surface area contributed by atoms with E-state index in [0.29, 0.717) is 18.5 Å². The summed E-state index contributed by atoms with van der Waals surface area (Å²) in [7, 11) is -1.12. The molecule has 5 nitrogen and oxygen atoms in total. The van der Waals surface area contributed by atoms with Crippen LogP contribution >= 0.6 is 0 Å². The van der Waals surface area contributed by atoms with Crippen LogP contribution in [0.4, 0.5) is 0 Å². The molecule has 2 N–H and O–H groups in total. The van der Waals surface area contributed by atoms with Gasteiger partial charge in [-0.3, -0.25) is 0 Å². The summed E-state index contributed by atoms with van der Waals surface area (Å²) in [6, 6.07) is 0.643. The van der Waals surface area contributed by atoms with Crippen LogP contribution in [-0.4, -0.2) is 57.3 Å². The van der Waals surface area contributed by atoms with E-state index in [-0.39, 0.29) is 11.3 Å². The van der Waals surface area contributed by atoms with E-state index in [1.165, 1.54) is 12.8 Å². The Morgan fingerprint density at radius 2 is 2.00 bits per heavy atom. The van der Waals surface area contributed by atoms with Gasteiger partial charge in [-0.25, -0.2) is 13.1 Å². The van der Waals surface area contributed by atoms with E-state index in [4.69, 9.17) is 0 Å². The Kier molecular flexibility index (Phi) is 4.87. The van der Waals surface area contributed by atoms with E-state index < -0.39 is 10.0 Å². The molecule has 3 atom stereocenters. The molecular formula is C13H27N3O2S. The van der Waals surface area contributed by atoms with Crippen LogP contribution in [0.2, 0.25) is 0 Å². The van der Waals surface area contributed by atoms with Crippen molar-refractivity contribution in [3.8, 4) is 0 Å². The van der Waals surface area contributed by atoms with Gasteiger partial charge in [-0.1, -0.05) is 6.92 Å². The molecule has 6 heteroatoms. The topological polar surface area (TPSA) is 61.4 Å². The maximum atomic E-state index is 12.3. The Balaban J connectivity index is 1.84. The highest BCUT2D eigenvalue weighted by Crippen LogP contribution is 2.19. The van der Waals surface area contributed by atoms with Gasteiger partial charge in [0.1, 0.15) is 0 Å². The summed E-state index contributed by atoms with van der Waals surface area (Å²) in [5, 5.41) is 2.93. The minimum atomic E-state index is -3.21. The third-order valence-electron chi connectivity index (χ3n) is 4.23. The Labute approximate surface area is 117 Å². The zero-order valence-electron chi connectivity index (χ0n) is 12.2. The second kappa shape index (κ2) is 6.08. The van der Waals surface area contributed by atoms with E-state index in [0.717, 1.165) is 19.5 Å². The average Bonchev–Trinajstić information content (AvgIpc) is 3.13. The highest BCUT2D eigenvalue weighted by Gasteiger charge is 2.31. The number of sulfonamides is 1. The molecule has 0 radical (unpaired) electrons. The fourth-order valence-corrected chi connectivity index (χ4v) is 3.91. The molecule has 1 saturated heterocycles. The van der Waals surface area contributed by atoms with Gasteiger partial charge in [-0.05, 0) is 45.7 Å². The number of nitrogens with zero attached hydrogens (tertiary/aromatic N) is 1. The molecule has 112 valence electrons. The van der Waals surface area contributed by atoms with Crippen LogP contribution in [0.5, 0.6) is 0 Å². The Bertz CT molecular complexity index is 395. The van der Waals surface area contributed by atoms with Crippen LogP contribution < -0.4 is 10.0 Å². The van der Waals surface area contributed by atoms with Gasteiger partial charge in [0.2, 0.25) is 10.0 Å². The quantitative estimate of drug-likeness (QED) is 0.742. The monoisotopic (exact) mass is 289 g/mol. The third kappa shape index (κ3) is 4.41. The van der Waals surface area contributed by atoms with E-state index in [1.807, 2.05) is 0 Å². The number of rotatable bonds is 6. The molecule has 2 rings (SSSR count). The van der Waals surface area contributed by atoms with Crippen molar-refractivity contribution in [3.63, 3.8) is 0 Å². The minimum absolute atomic E-state index is 0.0876. The maximum Gasteiger partial charge on any atom is 0.215 e. The smallest absolute Gasteiger partial charge is 0.215 e. The lowest BCUT2D eigenvalue weighted by atomic mass is 9.95. The van der Waals surface area contributed by atoms with Crippen molar-refractivity contribution in [2.45, 2.75) is 50.4 Å². The van der Waals surface area contributed by atoms with E-state index in [2.05, 4.69) is 28.9 Å². The molecule has 19 heavy (non-hydrogen) atoms. The van der Waals surface area contributed by atoms with Crippen LogP contribution in [-0.2, 0) is 10.0 Å². The number of likely N-dealkylation sites (tertiary alicyclic amines) is 1. The lowest BCUT2D eigenvalue weighted by Crippen LogP contribution is -2.51. The molecule has 2 aliphatic rings. The molecule has 1 aliphatic heterocycles. The van der Waals surface area contributed by atoms with Gasteiger partial charge in [0.15, 0.2) is 0 Å². The van der Waals surface area contributed by atoms with Crippen LogP contribution in [0.15, 0.2) is 0 Å². The van der Waals surface area contributed by atoms with Crippen molar-refractivity contribution in [1.29, 1.82) is 0 Å². The molecule has 1 saturated carbocycles. The number of piperidine rings is 1. The molecule has 0 amide bonds. The first-order chi connectivity index (χ1) is 8.88. The summed E-state index contributed by atoms with van der Waals surface area (Å²) in [6.07, 6.45) is 3.28. The highest BCUT2D eigenvalue weighted by atomic mass is 32.2. The largest absolute Gasteiger partial charge is 0.313 e. The zero-order chi connectivity index (χ0) is 14.0. The van der Waals surface area contributed by atoms with Crippen molar-refractivity contribution >= 4 is 10.0 Å².